The maximum absolute atomic E-state index is 13.5. The van der Waals surface area contributed by atoms with E-state index in [0.717, 1.165) is 44.3 Å². The molecule has 3 amide bonds. The molecule has 0 saturated carbocycles. The minimum atomic E-state index is -0.373. The number of hydrogen-bond acceptors (Lipinski definition) is 8. The van der Waals surface area contributed by atoms with Gasteiger partial charge in [0, 0.05) is 73.6 Å². The molecule has 2 fully saturated rings. The molecule has 2 heterocycles. The molecule has 0 spiro atoms. The number of rotatable bonds is 14. The number of hydrogen-bond donors (Lipinski definition) is 3. The largest absolute Gasteiger partial charge is 0.409 e. The molecule has 2 aliphatic rings. The third-order valence-corrected chi connectivity index (χ3v) is 10.3. The number of benzene rings is 2. The first-order valence-corrected chi connectivity index (χ1v) is 18.0. The summed E-state index contributed by atoms with van der Waals surface area (Å²) >= 11 is 25.1. The zero-order valence-electron chi connectivity index (χ0n) is 28.1. The van der Waals surface area contributed by atoms with Gasteiger partial charge in [-0.1, -0.05) is 62.8 Å². The highest BCUT2D eigenvalue weighted by Gasteiger charge is 2.36. The summed E-state index contributed by atoms with van der Waals surface area (Å²) in [4.78, 5) is 50.1. The van der Waals surface area contributed by atoms with Crippen LogP contribution in [-0.4, -0.2) is 109 Å². The molecule has 16 heteroatoms. The van der Waals surface area contributed by atoms with E-state index in [1.807, 2.05) is 11.0 Å². The molecule has 12 nitrogen and oxygen atoms in total. The maximum Gasteiger partial charge on any atom is 0.254 e. The number of nitrogens with one attached hydrogen (secondary N) is 1. The van der Waals surface area contributed by atoms with Crippen molar-refractivity contribution in [3.8, 4) is 0 Å². The van der Waals surface area contributed by atoms with E-state index in [0.29, 0.717) is 50.9 Å². The number of carbonyl (C=O) groups is 3. The van der Waals surface area contributed by atoms with E-state index in [-0.39, 0.29) is 61.0 Å². The van der Waals surface area contributed by atoms with Crippen molar-refractivity contribution in [1.82, 2.24) is 20.0 Å². The van der Waals surface area contributed by atoms with Gasteiger partial charge in [-0.3, -0.25) is 14.4 Å². The predicted molar refractivity (Wildman–Crippen MR) is 197 cm³/mol. The standard InChI is InChI=1S/C34H43Cl4N7O5/c1-40-32(46)17-22-4-3-10-45(34(22)48)26-7-11-44(12-8-26)13-9-27(21-5-6-28(37)29(38)16-21)30(42-50-20-31(39)41-49)19-43(2)33(47)23-14-24(35)18-25(36)15-23/h5-6,14-16,18,22,26-27,49H,3-4,7-13,17,19-20H2,1-2H3,(H2,39,41)(H,40,46)/b42-30+. The van der Waals surface area contributed by atoms with Crippen LogP contribution in [0.3, 0.4) is 0 Å². The van der Waals surface area contributed by atoms with Gasteiger partial charge in [0.2, 0.25) is 11.8 Å². The highest BCUT2D eigenvalue weighted by atomic mass is 35.5. The summed E-state index contributed by atoms with van der Waals surface area (Å²) in [7, 11) is 3.22. The second-order valence-electron chi connectivity index (χ2n) is 12.6. The van der Waals surface area contributed by atoms with Crippen molar-refractivity contribution in [3.63, 3.8) is 0 Å². The molecular weight excluding hydrogens is 728 g/mol. The van der Waals surface area contributed by atoms with E-state index < -0.39 is 0 Å². The zero-order chi connectivity index (χ0) is 36.4. The second kappa shape index (κ2) is 18.8. The van der Waals surface area contributed by atoms with Gasteiger partial charge in [0.1, 0.15) is 0 Å². The van der Waals surface area contributed by atoms with Crippen LogP contribution in [0.2, 0.25) is 20.1 Å². The van der Waals surface area contributed by atoms with Crippen LogP contribution in [0, 0.1) is 5.92 Å². The number of piperidine rings is 2. The Hall–Kier alpha value is -3.29. The van der Waals surface area contributed by atoms with Crippen molar-refractivity contribution in [1.29, 1.82) is 0 Å². The Labute approximate surface area is 312 Å². The van der Waals surface area contributed by atoms with E-state index in [1.165, 1.54) is 17.0 Å². The lowest BCUT2D eigenvalue weighted by Crippen LogP contribution is -2.52. The number of halogens is 4. The first-order chi connectivity index (χ1) is 23.9. The Balaban J connectivity index is 1.51. The fourth-order valence-electron chi connectivity index (χ4n) is 6.50. The van der Waals surface area contributed by atoms with Crippen molar-refractivity contribution in [2.75, 3.05) is 53.4 Å². The minimum Gasteiger partial charge on any atom is -0.409 e. The molecule has 0 radical (unpaired) electrons. The van der Waals surface area contributed by atoms with Crippen LogP contribution in [0.25, 0.3) is 0 Å². The molecule has 2 aliphatic heterocycles. The first-order valence-electron chi connectivity index (χ1n) is 16.4. The number of oxime groups is 2. The number of amidine groups is 1. The maximum atomic E-state index is 13.5. The van der Waals surface area contributed by atoms with Crippen LogP contribution >= 0.6 is 46.4 Å². The molecule has 4 N–H and O–H groups in total. The topological polar surface area (TPSA) is 153 Å². The van der Waals surface area contributed by atoms with E-state index in [2.05, 4.69) is 20.5 Å². The Kier molecular flexibility index (Phi) is 14.9. The Morgan fingerprint density at radius 2 is 1.76 bits per heavy atom. The fraction of sp³-hybridized carbons (Fsp3) is 0.500. The van der Waals surface area contributed by atoms with Gasteiger partial charge in [0.15, 0.2) is 12.4 Å². The lowest BCUT2D eigenvalue weighted by atomic mass is 9.89. The second-order valence-corrected chi connectivity index (χ2v) is 14.3. The third kappa shape index (κ3) is 10.9. The number of nitrogens with two attached hydrogens (primary N) is 1. The average molecular weight is 772 g/mol. The summed E-state index contributed by atoms with van der Waals surface area (Å²) in [6.45, 7) is 2.73. The van der Waals surface area contributed by atoms with Crippen LogP contribution in [-0.2, 0) is 14.4 Å². The van der Waals surface area contributed by atoms with Gasteiger partial charge in [0.25, 0.3) is 5.91 Å². The van der Waals surface area contributed by atoms with E-state index in [4.69, 9.17) is 62.2 Å². The van der Waals surface area contributed by atoms with Gasteiger partial charge >= 0.3 is 0 Å². The SMILES string of the molecule is CNC(=O)CC1CCCN(C2CCN(CCC(/C(CN(C)C(=O)c3cc(Cl)cc(Cl)c3)=N/OC/C(N)=N/O)c3ccc(Cl)c(Cl)c3)CC2)C1=O. The first kappa shape index (κ1) is 39.5. The highest BCUT2D eigenvalue weighted by Crippen LogP contribution is 2.32. The molecule has 2 atom stereocenters. The van der Waals surface area contributed by atoms with Crippen molar-refractivity contribution in [2.45, 2.75) is 50.5 Å². The highest BCUT2D eigenvalue weighted by molar-refractivity contribution is 6.42. The van der Waals surface area contributed by atoms with Gasteiger partial charge in [-0.05, 0) is 74.5 Å². The summed E-state index contributed by atoms with van der Waals surface area (Å²) in [6.07, 6.45) is 4.06. The summed E-state index contributed by atoms with van der Waals surface area (Å²) in [5.41, 5.74) is 7.25. The molecule has 272 valence electrons. The van der Waals surface area contributed by atoms with Crippen LogP contribution in [0.1, 0.15) is 60.4 Å². The van der Waals surface area contributed by atoms with Gasteiger partial charge in [0.05, 0.1) is 22.3 Å². The summed E-state index contributed by atoms with van der Waals surface area (Å²) < 4.78 is 0. The molecule has 4 rings (SSSR count). The lowest BCUT2D eigenvalue weighted by Gasteiger charge is -2.42. The Morgan fingerprint density at radius 1 is 1.06 bits per heavy atom. The molecule has 2 unspecified atom stereocenters. The van der Waals surface area contributed by atoms with Gasteiger partial charge < -0.3 is 35.8 Å². The molecule has 50 heavy (non-hydrogen) atoms. The van der Waals surface area contributed by atoms with Crippen molar-refractivity contribution in [3.05, 3.63) is 67.6 Å². The van der Waals surface area contributed by atoms with Crippen LogP contribution < -0.4 is 11.1 Å². The minimum absolute atomic E-state index is 0.0560. The fourth-order valence-corrected chi connectivity index (χ4v) is 7.33. The normalized spacial score (nSPS) is 18.6. The van der Waals surface area contributed by atoms with E-state index in [1.54, 1.807) is 32.3 Å². The van der Waals surface area contributed by atoms with E-state index >= 15 is 0 Å². The summed E-state index contributed by atoms with van der Waals surface area (Å²) in [5.74, 6) is -1.19. The monoisotopic (exact) mass is 769 g/mol. The van der Waals surface area contributed by atoms with Crippen molar-refractivity contribution in [2.24, 2.45) is 22.0 Å². The number of amides is 3. The number of likely N-dealkylation sites (tertiary alicyclic amines) is 2. The molecular formula is C34H43Cl4N7O5. The molecule has 2 aromatic carbocycles. The summed E-state index contributed by atoms with van der Waals surface area (Å²) in [5, 5.41) is 20.4. The van der Waals surface area contributed by atoms with Gasteiger partial charge in [-0.25, -0.2) is 0 Å². The van der Waals surface area contributed by atoms with Gasteiger partial charge in [-0.2, -0.15) is 0 Å². The molecule has 0 aromatic heterocycles. The predicted octanol–water partition coefficient (Wildman–Crippen LogP) is 5.50. The zero-order valence-corrected chi connectivity index (χ0v) is 31.1. The smallest absolute Gasteiger partial charge is 0.254 e. The lowest BCUT2D eigenvalue weighted by molar-refractivity contribution is -0.144. The Bertz CT molecular complexity index is 1560. The molecule has 0 aliphatic carbocycles. The Morgan fingerprint density at radius 3 is 2.40 bits per heavy atom. The van der Waals surface area contributed by atoms with Crippen molar-refractivity contribution >= 4 is 75.7 Å². The van der Waals surface area contributed by atoms with Crippen LogP contribution in [0.4, 0.5) is 0 Å². The third-order valence-electron chi connectivity index (χ3n) is 9.15. The summed E-state index contributed by atoms with van der Waals surface area (Å²) in [6, 6.07) is 10.1. The quantitative estimate of drug-likeness (QED) is 0.0993. The van der Waals surface area contributed by atoms with Crippen LogP contribution in [0.5, 0.6) is 0 Å². The number of nitrogens with zero attached hydrogens (tertiary/aromatic N) is 5. The van der Waals surface area contributed by atoms with Crippen molar-refractivity contribution < 1.29 is 24.4 Å². The molecule has 2 aromatic rings. The average Bonchev–Trinajstić information content (AvgIpc) is 3.09. The molecule has 2 saturated heterocycles. The molecule has 0 bridgehead atoms. The van der Waals surface area contributed by atoms with Crippen LogP contribution in [0.15, 0.2) is 46.7 Å². The van der Waals surface area contributed by atoms with E-state index in [9.17, 15) is 14.4 Å². The number of carbonyl (C=O) groups excluding carboxylic acids is 3. The van der Waals surface area contributed by atoms with Gasteiger partial charge in [-0.15, -0.1) is 0 Å².